The molecule has 146 valence electrons. The topological polar surface area (TPSA) is 32.8 Å². The van der Waals surface area contributed by atoms with E-state index in [9.17, 15) is 9.18 Å². The SMILES string of the molecule is CC(=O)N1c2cccc3c2C(CCC3N2CCOCC2)C1c1ccccc1F. The number of benzene rings is 2. The van der Waals surface area contributed by atoms with Crippen LogP contribution in [0.4, 0.5) is 10.1 Å². The Labute approximate surface area is 164 Å². The molecule has 0 spiro atoms. The van der Waals surface area contributed by atoms with Crippen LogP contribution in [0, 0.1) is 5.82 Å². The van der Waals surface area contributed by atoms with E-state index in [1.165, 1.54) is 17.2 Å². The molecule has 5 rings (SSSR count). The Kier molecular flexibility index (Phi) is 4.44. The fourth-order valence-electron chi connectivity index (χ4n) is 5.46. The van der Waals surface area contributed by atoms with Gasteiger partial charge in [-0.1, -0.05) is 30.3 Å². The molecule has 0 radical (unpaired) electrons. The molecule has 5 heteroatoms. The zero-order valence-electron chi connectivity index (χ0n) is 16.1. The summed E-state index contributed by atoms with van der Waals surface area (Å²) in [5.41, 5.74) is 4.13. The van der Waals surface area contributed by atoms with Gasteiger partial charge in [-0.15, -0.1) is 0 Å². The quantitative estimate of drug-likeness (QED) is 0.783. The van der Waals surface area contributed by atoms with Crippen molar-refractivity contribution < 1.29 is 13.9 Å². The van der Waals surface area contributed by atoms with Gasteiger partial charge < -0.3 is 9.64 Å². The Morgan fingerprint density at radius 1 is 1.04 bits per heavy atom. The second kappa shape index (κ2) is 6.98. The average molecular weight is 380 g/mol. The van der Waals surface area contributed by atoms with E-state index in [0.717, 1.165) is 44.8 Å². The molecule has 1 fully saturated rings. The highest BCUT2D eigenvalue weighted by atomic mass is 19.1. The molecule has 2 aliphatic heterocycles. The van der Waals surface area contributed by atoms with E-state index in [1.807, 2.05) is 29.2 Å². The molecular weight excluding hydrogens is 355 g/mol. The molecule has 2 heterocycles. The number of carbonyl (C=O) groups is 1. The summed E-state index contributed by atoms with van der Waals surface area (Å²) in [6.45, 7) is 5.00. The fourth-order valence-corrected chi connectivity index (χ4v) is 5.46. The number of carbonyl (C=O) groups excluding carboxylic acids is 1. The molecule has 28 heavy (non-hydrogen) atoms. The van der Waals surface area contributed by atoms with Gasteiger partial charge in [0.1, 0.15) is 5.82 Å². The molecule has 4 nitrogen and oxygen atoms in total. The van der Waals surface area contributed by atoms with Gasteiger partial charge in [-0.05, 0) is 36.1 Å². The van der Waals surface area contributed by atoms with Gasteiger partial charge in [-0.25, -0.2) is 4.39 Å². The summed E-state index contributed by atoms with van der Waals surface area (Å²) >= 11 is 0. The second-order valence-corrected chi connectivity index (χ2v) is 7.98. The van der Waals surface area contributed by atoms with Gasteiger partial charge in [0.25, 0.3) is 0 Å². The number of hydrogen-bond acceptors (Lipinski definition) is 3. The van der Waals surface area contributed by atoms with Crippen LogP contribution in [0.1, 0.15) is 54.5 Å². The number of anilines is 1. The maximum Gasteiger partial charge on any atom is 0.224 e. The molecule has 3 unspecified atom stereocenters. The minimum Gasteiger partial charge on any atom is -0.379 e. The van der Waals surface area contributed by atoms with Crippen molar-refractivity contribution in [3.63, 3.8) is 0 Å². The molecule has 1 saturated heterocycles. The minimum absolute atomic E-state index is 0.0287. The van der Waals surface area contributed by atoms with Crippen molar-refractivity contribution in [3.05, 3.63) is 65.0 Å². The van der Waals surface area contributed by atoms with Crippen LogP contribution in [-0.2, 0) is 9.53 Å². The maximum absolute atomic E-state index is 14.7. The molecular formula is C23H25FN2O2. The standard InChI is InChI=1S/C23H25FN2O2/c1-15(27)26-21-8-4-6-17-20(25-11-13-28-14-12-25)10-9-18(22(17)21)23(26)16-5-2-3-7-19(16)24/h2-8,18,20,23H,9-14H2,1H3. The molecule has 0 aromatic heterocycles. The zero-order valence-corrected chi connectivity index (χ0v) is 16.1. The highest BCUT2D eigenvalue weighted by Gasteiger charge is 2.47. The lowest BCUT2D eigenvalue weighted by Crippen LogP contribution is -2.40. The summed E-state index contributed by atoms with van der Waals surface area (Å²) in [5.74, 6) is -0.119. The van der Waals surface area contributed by atoms with E-state index < -0.39 is 0 Å². The molecule has 2 aromatic carbocycles. The predicted molar refractivity (Wildman–Crippen MR) is 106 cm³/mol. The van der Waals surface area contributed by atoms with Gasteiger partial charge in [-0.3, -0.25) is 9.69 Å². The fraction of sp³-hybridized carbons (Fsp3) is 0.435. The summed E-state index contributed by atoms with van der Waals surface area (Å²) in [6, 6.07) is 13.3. The molecule has 3 aliphatic rings. The summed E-state index contributed by atoms with van der Waals surface area (Å²) in [5, 5.41) is 0. The Balaban J connectivity index is 1.62. The van der Waals surface area contributed by atoms with Crippen LogP contribution in [0.3, 0.4) is 0 Å². The predicted octanol–water partition coefficient (Wildman–Crippen LogP) is 4.18. The Hall–Kier alpha value is -2.24. The second-order valence-electron chi connectivity index (χ2n) is 7.98. The third kappa shape index (κ3) is 2.68. The van der Waals surface area contributed by atoms with Crippen LogP contribution in [0.25, 0.3) is 0 Å². The number of morpholine rings is 1. The first-order chi connectivity index (χ1) is 13.7. The van der Waals surface area contributed by atoms with E-state index in [0.29, 0.717) is 11.6 Å². The highest BCUT2D eigenvalue weighted by Crippen LogP contribution is 2.57. The van der Waals surface area contributed by atoms with Crippen LogP contribution >= 0.6 is 0 Å². The number of rotatable bonds is 2. The van der Waals surface area contributed by atoms with Gasteiger partial charge in [0, 0.05) is 43.2 Å². The summed E-state index contributed by atoms with van der Waals surface area (Å²) in [6.07, 6.45) is 1.98. The minimum atomic E-state index is -0.263. The molecule has 1 amide bonds. The van der Waals surface area contributed by atoms with Crippen LogP contribution in [0.5, 0.6) is 0 Å². The first kappa shape index (κ1) is 17.8. The lowest BCUT2D eigenvalue weighted by molar-refractivity contribution is -0.117. The van der Waals surface area contributed by atoms with E-state index in [-0.39, 0.29) is 23.7 Å². The maximum atomic E-state index is 14.7. The van der Waals surface area contributed by atoms with Crippen molar-refractivity contribution in [1.29, 1.82) is 0 Å². The van der Waals surface area contributed by atoms with Crippen molar-refractivity contribution in [2.75, 3.05) is 31.2 Å². The zero-order chi connectivity index (χ0) is 19.3. The monoisotopic (exact) mass is 380 g/mol. The number of nitrogens with zero attached hydrogens (tertiary/aromatic N) is 2. The van der Waals surface area contributed by atoms with Crippen LogP contribution in [-0.4, -0.2) is 37.1 Å². The molecule has 0 saturated carbocycles. The summed E-state index contributed by atoms with van der Waals surface area (Å²) < 4.78 is 20.3. The lowest BCUT2D eigenvalue weighted by atomic mass is 9.76. The largest absolute Gasteiger partial charge is 0.379 e. The third-order valence-corrected chi connectivity index (χ3v) is 6.57. The first-order valence-electron chi connectivity index (χ1n) is 10.2. The average Bonchev–Trinajstić information content (AvgIpc) is 3.05. The molecule has 2 aromatic rings. The Morgan fingerprint density at radius 3 is 2.54 bits per heavy atom. The summed E-state index contributed by atoms with van der Waals surface area (Å²) in [4.78, 5) is 17.0. The van der Waals surface area contributed by atoms with Gasteiger partial charge in [0.2, 0.25) is 5.91 Å². The summed E-state index contributed by atoms with van der Waals surface area (Å²) in [7, 11) is 0. The Bertz CT molecular complexity index is 909. The number of hydrogen-bond donors (Lipinski definition) is 0. The van der Waals surface area contributed by atoms with Gasteiger partial charge in [0.15, 0.2) is 0 Å². The van der Waals surface area contributed by atoms with E-state index in [4.69, 9.17) is 4.74 Å². The van der Waals surface area contributed by atoms with Crippen molar-refractivity contribution in [2.45, 2.75) is 37.8 Å². The number of ether oxygens (including phenoxy) is 1. The highest BCUT2D eigenvalue weighted by molar-refractivity contribution is 5.96. The Morgan fingerprint density at radius 2 is 1.79 bits per heavy atom. The molecule has 3 atom stereocenters. The molecule has 0 bridgehead atoms. The van der Waals surface area contributed by atoms with Crippen molar-refractivity contribution >= 4 is 11.6 Å². The smallest absolute Gasteiger partial charge is 0.224 e. The lowest BCUT2D eigenvalue weighted by Gasteiger charge is -2.40. The number of halogens is 1. The van der Waals surface area contributed by atoms with Crippen LogP contribution in [0.15, 0.2) is 42.5 Å². The number of amides is 1. The molecule has 0 N–H and O–H groups in total. The van der Waals surface area contributed by atoms with Crippen LogP contribution in [0.2, 0.25) is 0 Å². The van der Waals surface area contributed by atoms with Crippen molar-refractivity contribution in [3.8, 4) is 0 Å². The third-order valence-electron chi connectivity index (χ3n) is 6.57. The normalized spacial score (nSPS) is 26.9. The first-order valence-corrected chi connectivity index (χ1v) is 10.2. The van der Waals surface area contributed by atoms with Crippen LogP contribution < -0.4 is 4.90 Å². The van der Waals surface area contributed by atoms with E-state index >= 15 is 0 Å². The van der Waals surface area contributed by atoms with Crippen molar-refractivity contribution in [1.82, 2.24) is 4.90 Å². The van der Waals surface area contributed by atoms with Gasteiger partial charge in [-0.2, -0.15) is 0 Å². The van der Waals surface area contributed by atoms with E-state index in [1.54, 1.807) is 13.0 Å². The van der Waals surface area contributed by atoms with Gasteiger partial charge >= 0.3 is 0 Å². The van der Waals surface area contributed by atoms with Crippen molar-refractivity contribution in [2.24, 2.45) is 0 Å². The van der Waals surface area contributed by atoms with E-state index in [2.05, 4.69) is 11.0 Å². The molecule has 1 aliphatic carbocycles. The van der Waals surface area contributed by atoms with Gasteiger partial charge in [0.05, 0.1) is 19.3 Å².